The highest BCUT2D eigenvalue weighted by molar-refractivity contribution is 4.85. The van der Waals surface area contributed by atoms with Crippen molar-refractivity contribution in [3.63, 3.8) is 0 Å². The second-order valence-corrected chi connectivity index (χ2v) is 4.52. The zero-order valence-electron chi connectivity index (χ0n) is 11.1. The number of hydrogen-bond donors (Lipinski definition) is 0. The average Bonchev–Trinajstić information content (AvgIpc) is 2.35. The van der Waals surface area contributed by atoms with E-state index >= 15 is 0 Å². The molecule has 0 heterocycles. The fourth-order valence-electron chi connectivity index (χ4n) is 2.47. The Hall–Kier alpha value is -0.120. The first kappa shape index (κ1) is 13.9. The zero-order chi connectivity index (χ0) is 12.0. The first-order valence-electron chi connectivity index (χ1n) is 6.47. The van der Waals surface area contributed by atoms with Crippen LogP contribution in [0.2, 0.25) is 0 Å². The van der Waals surface area contributed by atoms with Crippen molar-refractivity contribution in [1.82, 2.24) is 0 Å². The fraction of sp³-hybridized carbons (Fsp3) is 1.00. The number of hydrogen-bond acceptors (Lipinski definition) is 3. The molecule has 1 fully saturated rings. The van der Waals surface area contributed by atoms with Gasteiger partial charge in [-0.15, -0.1) is 0 Å². The van der Waals surface area contributed by atoms with Crippen molar-refractivity contribution in [2.75, 3.05) is 14.2 Å². The van der Waals surface area contributed by atoms with Crippen LogP contribution in [0, 0.1) is 0 Å². The molecular weight excluding hydrogens is 204 g/mol. The van der Waals surface area contributed by atoms with E-state index in [-0.39, 0.29) is 18.3 Å². The molecule has 0 amide bonds. The lowest BCUT2D eigenvalue weighted by Gasteiger charge is -2.38. The van der Waals surface area contributed by atoms with E-state index in [0.717, 1.165) is 25.7 Å². The average molecular weight is 230 g/mol. The SMILES string of the molecule is CCC(CC)OC1C(OC)CCCC1OC. The summed E-state index contributed by atoms with van der Waals surface area (Å²) in [6.07, 6.45) is 6.27. The molecular formula is C13H26O3. The van der Waals surface area contributed by atoms with Gasteiger partial charge in [0.2, 0.25) is 0 Å². The normalized spacial score (nSPS) is 30.9. The van der Waals surface area contributed by atoms with Gasteiger partial charge in [0, 0.05) is 14.2 Å². The highest BCUT2D eigenvalue weighted by Crippen LogP contribution is 2.27. The Morgan fingerprint density at radius 1 is 1.00 bits per heavy atom. The summed E-state index contributed by atoms with van der Waals surface area (Å²) in [5.74, 6) is 0. The Balaban J connectivity index is 2.60. The van der Waals surface area contributed by atoms with Crippen molar-refractivity contribution >= 4 is 0 Å². The lowest BCUT2D eigenvalue weighted by Crippen LogP contribution is -2.46. The number of ether oxygens (including phenoxy) is 3. The molecule has 1 rings (SSSR count). The van der Waals surface area contributed by atoms with Crippen LogP contribution >= 0.6 is 0 Å². The third-order valence-electron chi connectivity index (χ3n) is 3.58. The Bertz CT molecular complexity index is 168. The Morgan fingerprint density at radius 2 is 1.50 bits per heavy atom. The minimum Gasteiger partial charge on any atom is -0.379 e. The van der Waals surface area contributed by atoms with E-state index < -0.39 is 0 Å². The van der Waals surface area contributed by atoms with Crippen LogP contribution in [0.1, 0.15) is 46.0 Å². The van der Waals surface area contributed by atoms with E-state index in [0.29, 0.717) is 6.10 Å². The van der Waals surface area contributed by atoms with Crippen LogP contribution in [0.3, 0.4) is 0 Å². The predicted octanol–water partition coefficient (Wildman–Crippen LogP) is 2.77. The molecule has 0 aromatic carbocycles. The zero-order valence-corrected chi connectivity index (χ0v) is 11.1. The largest absolute Gasteiger partial charge is 0.379 e. The summed E-state index contributed by atoms with van der Waals surface area (Å²) < 4.78 is 17.2. The van der Waals surface area contributed by atoms with Gasteiger partial charge in [-0.05, 0) is 32.1 Å². The van der Waals surface area contributed by atoms with Crippen LogP contribution in [0.25, 0.3) is 0 Å². The summed E-state index contributed by atoms with van der Waals surface area (Å²) in [5, 5.41) is 0. The van der Waals surface area contributed by atoms with Gasteiger partial charge in [0.15, 0.2) is 0 Å². The number of rotatable bonds is 6. The summed E-state index contributed by atoms with van der Waals surface area (Å²) in [6, 6.07) is 0. The van der Waals surface area contributed by atoms with Crippen molar-refractivity contribution in [3.8, 4) is 0 Å². The maximum atomic E-state index is 6.15. The molecule has 0 N–H and O–H groups in total. The third-order valence-corrected chi connectivity index (χ3v) is 3.58. The van der Waals surface area contributed by atoms with Gasteiger partial charge in [-0.25, -0.2) is 0 Å². The van der Waals surface area contributed by atoms with Gasteiger partial charge in [0.05, 0.1) is 18.3 Å². The summed E-state index contributed by atoms with van der Waals surface area (Å²) in [7, 11) is 3.54. The van der Waals surface area contributed by atoms with E-state index in [1.165, 1.54) is 6.42 Å². The molecule has 0 radical (unpaired) electrons. The molecule has 16 heavy (non-hydrogen) atoms. The minimum absolute atomic E-state index is 0.105. The molecule has 0 saturated heterocycles. The highest BCUT2D eigenvalue weighted by atomic mass is 16.6. The molecule has 96 valence electrons. The predicted molar refractivity (Wildman–Crippen MR) is 64.7 cm³/mol. The Kier molecular flexibility index (Phi) is 6.32. The fourth-order valence-corrected chi connectivity index (χ4v) is 2.47. The maximum Gasteiger partial charge on any atom is 0.110 e. The molecule has 1 aliphatic carbocycles. The summed E-state index contributed by atoms with van der Waals surface area (Å²) in [6.45, 7) is 4.33. The van der Waals surface area contributed by atoms with Crippen molar-refractivity contribution < 1.29 is 14.2 Å². The molecule has 0 aromatic heterocycles. The van der Waals surface area contributed by atoms with Gasteiger partial charge >= 0.3 is 0 Å². The first-order chi connectivity index (χ1) is 7.76. The van der Waals surface area contributed by atoms with Crippen LogP contribution in [-0.2, 0) is 14.2 Å². The van der Waals surface area contributed by atoms with Crippen LogP contribution in [0.5, 0.6) is 0 Å². The standard InChI is InChI=1S/C13H26O3/c1-5-10(6-2)16-13-11(14-3)8-7-9-12(13)15-4/h10-13H,5-9H2,1-4H3. The van der Waals surface area contributed by atoms with E-state index in [1.54, 1.807) is 14.2 Å². The Morgan fingerprint density at radius 3 is 1.88 bits per heavy atom. The van der Waals surface area contributed by atoms with E-state index in [9.17, 15) is 0 Å². The molecule has 1 aliphatic rings. The Labute approximate surface area is 99.5 Å². The molecule has 3 heteroatoms. The summed E-state index contributed by atoms with van der Waals surface area (Å²) in [4.78, 5) is 0. The summed E-state index contributed by atoms with van der Waals surface area (Å²) >= 11 is 0. The second kappa shape index (κ2) is 7.25. The van der Waals surface area contributed by atoms with Crippen LogP contribution in [0.4, 0.5) is 0 Å². The van der Waals surface area contributed by atoms with Crippen molar-refractivity contribution in [3.05, 3.63) is 0 Å². The quantitative estimate of drug-likeness (QED) is 0.702. The molecule has 3 nitrogen and oxygen atoms in total. The lowest BCUT2D eigenvalue weighted by atomic mass is 9.91. The topological polar surface area (TPSA) is 27.7 Å². The van der Waals surface area contributed by atoms with Gasteiger partial charge in [0.25, 0.3) is 0 Å². The minimum atomic E-state index is 0.105. The van der Waals surface area contributed by atoms with E-state index in [1.807, 2.05) is 0 Å². The van der Waals surface area contributed by atoms with Crippen LogP contribution in [-0.4, -0.2) is 38.6 Å². The van der Waals surface area contributed by atoms with Gasteiger partial charge in [-0.1, -0.05) is 13.8 Å². The molecule has 0 aliphatic heterocycles. The van der Waals surface area contributed by atoms with Crippen molar-refractivity contribution in [2.45, 2.75) is 70.4 Å². The van der Waals surface area contributed by atoms with Crippen molar-refractivity contribution in [2.24, 2.45) is 0 Å². The monoisotopic (exact) mass is 230 g/mol. The van der Waals surface area contributed by atoms with Gasteiger partial charge in [-0.3, -0.25) is 0 Å². The van der Waals surface area contributed by atoms with E-state index in [4.69, 9.17) is 14.2 Å². The molecule has 0 bridgehead atoms. The van der Waals surface area contributed by atoms with E-state index in [2.05, 4.69) is 13.8 Å². The van der Waals surface area contributed by atoms with Gasteiger partial charge in [0.1, 0.15) is 6.10 Å². The summed E-state index contributed by atoms with van der Waals surface area (Å²) in [5.41, 5.74) is 0. The third kappa shape index (κ3) is 3.44. The molecule has 0 spiro atoms. The molecule has 2 atom stereocenters. The maximum absolute atomic E-state index is 6.15. The molecule has 2 unspecified atom stereocenters. The molecule has 0 aromatic rings. The van der Waals surface area contributed by atoms with Crippen molar-refractivity contribution in [1.29, 1.82) is 0 Å². The number of methoxy groups -OCH3 is 2. The first-order valence-corrected chi connectivity index (χ1v) is 6.47. The smallest absolute Gasteiger partial charge is 0.110 e. The van der Waals surface area contributed by atoms with Crippen LogP contribution in [0.15, 0.2) is 0 Å². The highest BCUT2D eigenvalue weighted by Gasteiger charge is 2.35. The molecule has 1 saturated carbocycles. The van der Waals surface area contributed by atoms with Gasteiger partial charge in [-0.2, -0.15) is 0 Å². The van der Waals surface area contributed by atoms with Gasteiger partial charge < -0.3 is 14.2 Å². The second-order valence-electron chi connectivity index (χ2n) is 4.52. The van der Waals surface area contributed by atoms with Crippen LogP contribution < -0.4 is 0 Å². The lowest BCUT2D eigenvalue weighted by molar-refractivity contribution is -0.164.